The van der Waals surface area contributed by atoms with Gasteiger partial charge in [0.05, 0.1) is 11.9 Å². The van der Waals surface area contributed by atoms with Gasteiger partial charge in [0.1, 0.15) is 18.4 Å². The molecule has 2 aromatic rings. The number of benzene rings is 2. The minimum atomic E-state index is -3.82. The van der Waals surface area contributed by atoms with Crippen molar-refractivity contribution in [3.63, 3.8) is 0 Å². The topological polar surface area (TPSA) is 86.8 Å². The van der Waals surface area contributed by atoms with Crippen molar-refractivity contribution >= 4 is 27.5 Å². The molecular formula is C26H36FN3O4S. The normalized spacial score (nSPS) is 12.5. The van der Waals surface area contributed by atoms with Crippen LogP contribution in [0.3, 0.4) is 0 Å². The van der Waals surface area contributed by atoms with Crippen LogP contribution in [0.2, 0.25) is 0 Å². The zero-order valence-electron chi connectivity index (χ0n) is 21.3. The van der Waals surface area contributed by atoms with Gasteiger partial charge in [-0.25, -0.2) is 12.8 Å². The lowest BCUT2D eigenvalue weighted by molar-refractivity contribution is -0.140. The number of hydrogen-bond acceptors (Lipinski definition) is 4. The lowest BCUT2D eigenvalue weighted by Gasteiger charge is -2.33. The number of rotatable bonds is 11. The molecular weight excluding hydrogens is 469 g/mol. The molecule has 2 amide bonds. The molecule has 7 nitrogen and oxygen atoms in total. The van der Waals surface area contributed by atoms with Gasteiger partial charge in [-0.1, -0.05) is 51.1 Å². The van der Waals surface area contributed by atoms with Gasteiger partial charge in [0.2, 0.25) is 21.8 Å². The molecule has 0 radical (unpaired) electrons. The van der Waals surface area contributed by atoms with E-state index in [9.17, 15) is 22.4 Å². The summed E-state index contributed by atoms with van der Waals surface area (Å²) in [5.41, 5.74) is 1.85. The van der Waals surface area contributed by atoms with E-state index in [1.807, 2.05) is 39.8 Å². The van der Waals surface area contributed by atoms with Crippen LogP contribution in [0.4, 0.5) is 10.1 Å². The fraction of sp³-hybridized carbons (Fsp3) is 0.462. The molecule has 0 heterocycles. The van der Waals surface area contributed by atoms with Crippen molar-refractivity contribution < 1.29 is 22.4 Å². The Morgan fingerprint density at radius 1 is 1.00 bits per heavy atom. The summed E-state index contributed by atoms with van der Waals surface area (Å²) in [5, 5.41) is 2.84. The molecule has 9 heteroatoms. The third-order valence-electron chi connectivity index (χ3n) is 5.59. The summed E-state index contributed by atoms with van der Waals surface area (Å²) in [6, 6.07) is 11.8. The van der Waals surface area contributed by atoms with Crippen LogP contribution in [0.1, 0.15) is 58.1 Å². The summed E-state index contributed by atoms with van der Waals surface area (Å²) in [6.07, 6.45) is 1.39. The zero-order chi connectivity index (χ0) is 26.3. The quantitative estimate of drug-likeness (QED) is 0.499. The monoisotopic (exact) mass is 505 g/mol. The van der Waals surface area contributed by atoms with E-state index in [1.54, 1.807) is 31.2 Å². The highest BCUT2D eigenvalue weighted by Crippen LogP contribution is 2.29. The van der Waals surface area contributed by atoms with Crippen LogP contribution in [-0.4, -0.2) is 50.0 Å². The first-order valence-corrected chi connectivity index (χ1v) is 13.6. The molecule has 0 fully saturated rings. The van der Waals surface area contributed by atoms with Gasteiger partial charge in [0.15, 0.2) is 0 Å². The van der Waals surface area contributed by atoms with Crippen molar-refractivity contribution in [3.05, 3.63) is 65.5 Å². The highest BCUT2D eigenvalue weighted by Gasteiger charge is 2.32. The summed E-state index contributed by atoms with van der Waals surface area (Å²) in [4.78, 5) is 28.0. The van der Waals surface area contributed by atoms with E-state index in [2.05, 4.69) is 5.32 Å². The lowest BCUT2D eigenvalue weighted by atomic mass is 10.0. The zero-order valence-corrected chi connectivity index (χ0v) is 22.1. The van der Waals surface area contributed by atoms with E-state index in [0.29, 0.717) is 17.7 Å². The predicted octanol–water partition coefficient (Wildman–Crippen LogP) is 4.05. The second kappa shape index (κ2) is 12.2. The molecule has 0 aliphatic rings. The van der Waals surface area contributed by atoms with E-state index in [4.69, 9.17) is 0 Å². The van der Waals surface area contributed by atoms with Crippen molar-refractivity contribution in [3.8, 4) is 0 Å². The van der Waals surface area contributed by atoms with Gasteiger partial charge in [-0.3, -0.25) is 13.9 Å². The molecule has 0 aliphatic heterocycles. The molecule has 2 aromatic carbocycles. The standard InChI is InChI=1S/C26H36FN3O4S/c1-7-23(26(32)28-19(4)5)29(16-20-12-14-21(27)15-13-20)25(31)17-30(35(6,33)34)24-11-9-8-10-22(24)18(2)3/h8-15,18-19,23H,7,16-17H2,1-6H3,(H,28,32)/t23-/m0/s1. The molecule has 0 saturated carbocycles. The minimum Gasteiger partial charge on any atom is -0.352 e. The summed E-state index contributed by atoms with van der Waals surface area (Å²) in [6.45, 7) is 8.91. The Labute approximate surface area is 208 Å². The number of nitrogens with one attached hydrogen (secondary N) is 1. The Bertz CT molecular complexity index is 1120. The average Bonchev–Trinajstić information content (AvgIpc) is 2.77. The first-order valence-electron chi connectivity index (χ1n) is 11.8. The van der Waals surface area contributed by atoms with Gasteiger partial charge < -0.3 is 10.2 Å². The summed E-state index contributed by atoms with van der Waals surface area (Å²) in [7, 11) is -3.82. The van der Waals surface area contributed by atoms with E-state index in [0.717, 1.165) is 16.1 Å². The lowest BCUT2D eigenvalue weighted by Crippen LogP contribution is -2.53. The highest BCUT2D eigenvalue weighted by atomic mass is 32.2. The minimum absolute atomic E-state index is 0.0288. The van der Waals surface area contributed by atoms with Gasteiger partial charge in [0.25, 0.3) is 0 Å². The highest BCUT2D eigenvalue weighted by molar-refractivity contribution is 7.92. The Morgan fingerprint density at radius 2 is 1.60 bits per heavy atom. The van der Waals surface area contributed by atoms with Crippen LogP contribution in [0, 0.1) is 5.82 Å². The molecule has 0 spiro atoms. The van der Waals surface area contributed by atoms with Crippen molar-refractivity contribution in [2.24, 2.45) is 0 Å². The number of halogens is 1. The average molecular weight is 506 g/mol. The van der Waals surface area contributed by atoms with Gasteiger partial charge in [-0.2, -0.15) is 0 Å². The second-order valence-electron chi connectivity index (χ2n) is 9.22. The number of hydrogen-bond donors (Lipinski definition) is 1. The van der Waals surface area contributed by atoms with Crippen LogP contribution in [0.25, 0.3) is 0 Å². The van der Waals surface area contributed by atoms with Crippen LogP contribution in [-0.2, 0) is 26.2 Å². The third kappa shape index (κ3) is 7.78. The smallest absolute Gasteiger partial charge is 0.244 e. The molecule has 35 heavy (non-hydrogen) atoms. The molecule has 2 rings (SSSR count). The number of carbonyl (C=O) groups excluding carboxylic acids is 2. The maximum atomic E-state index is 13.7. The predicted molar refractivity (Wildman–Crippen MR) is 137 cm³/mol. The van der Waals surface area contributed by atoms with E-state index in [-0.39, 0.29) is 24.4 Å². The molecule has 0 unspecified atom stereocenters. The Morgan fingerprint density at radius 3 is 2.11 bits per heavy atom. The summed E-state index contributed by atoms with van der Waals surface area (Å²) >= 11 is 0. The summed E-state index contributed by atoms with van der Waals surface area (Å²) in [5.74, 6) is -1.23. The fourth-order valence-electron chi connectivity index (χ4n) is 3.88. The summed E-state index contributed by atoms with van der Waals surface area (Å²) < 4.78 is 40.2. The van der Waals surface area contributed by atoms with Crippen LogP contribution in [0.15, 0.2) is 48.5 Å². The van der Waals surface area contributed by atoms with Gasteiger partial charge in [-0.05, 0) is 55.5 Å². The molecule has 0 aromatic heterocycles. The molecule has 0 bridgehead atoms. The fourth-order valence-corrected chi connectivity index (χ4v) is 4.75. The number of carbonyl (C=O) groups is 2. The molecule has 192 valence electrons. The van der Waals surface area contributed by atoms with Crippen molar-refractivity contribution in [1.82, 2.24) is 10.2 Å². The number of nitrogens with zero attached hydrogens (tertiary/aromatic N) is 2. The Kier molecular flexibility index (Phi) is 9.82. The Balaban J connectivity index is 2.50. The largest absolute Gasteiger partial charge is 0.352 e. The van der Waals surface area contributed by atoms with Crippen LogP contribution < -0.4 is 9.62 Å². The van der Waals surface area contributed by atoms with Gasteiger partial charge in [-0.15, -0.1) is 0 Å². The van der Waals surface area contributed by atoms with E-state index < -0.39 is 34.3 Å². The Hall–Kier alpha value is -2.94. The number of anilines is 1. The maximum Gasteiger partial charge on any atom is 0.244 e. The maximum absolute atomic E-state index is 13.7. The third-order valence-corrected chi connectivity index (χ3v) is 6.72. The van der Waals surface area contributed by atoms with E-state index in [1.165, 1.54) is 17.0 Å². The van der Waals surface area contributed by atoms with Crippen molar-refractivity contribution in [2.75, 3.05) is 17.1 Å². The van der Waals surface area contributed by atoms with Gasteiger partial charge in [0, 0.05) is 12.6 Å². The van der Waals surface area contributed by atoms with Gasteiger partial charge >= 0.3 is 0 Å². The molecule has 1 N–H and O–H groups in total. The van der Waals surface area contributed by atoms with E-state index >= 15 is 0 Å². The van der Waals surface area contributed by atoms with Crippen molar-refractivity contribution in [2.45, 2.75) is 65.6 Å². The number of amides is 2. The first-order chi connectivity index (χ1) is 16.3. The van der Waals surface area contributed by atoms with Crippen LogP contribution >= 0.6 is 0 Å². The number of sulfonamides is 1. The SMILES string of the molecule is CC[C@@H](C(=O)NC(C)C)N(Cc1ccc(F)cc1)C(=O)CN(c1ccccc1C(C)C)S(C)(=O)=O. The van der Waals surface area contributed by atoms with Crippen molar-refractivity contribution in [1.29, 1.82) is 0 Å². The molecule has 0 aliphatic carbocycles. The second-order valence-corrected chi connectivity index (χ2v) is 11.1. The molecule has 0 saturated heterocycles. The van der Waals surface area contributed by atoms with Crippen LogP contribution in [0.5, 0.6) is 0 Å². The molecule has 1 atom stereocenters. The number of para-hydroxylation sites is 1. The first kappa shape index (κ1) is 28.3.